The highest BCUT2D eigenvalue weighted by Gasteiger charge is 2.28. The van der Waals surface area contributed by atoms with E-state index in [-0.39, 0.29) is 17.8 Å². The zero-order chi connectivity index (χ0) is 14.1. The molecule has 1 unspecified atom stereocenters. The van der Waals surface area contributed by atoms with E-state index in [4.69, 9.17) is 0 Å². The van der Waals surface area contributed by atoms with Crippen LogP contribution in [0.2, 0.25) is 0 Å². The first kappa shape index (κ1) is 15.2. The second-order valence-electron chi connectivity index (χ2n) is 5.16. The van der Waals surface area contributed by atoms with Crippen LogP contribution in [0.3, 0.4) is 0 Å². The summed E-state index contributed by atoms with van der Waals surface area (Å²) in [6, 6.07) is 1.81. The number of ketones is 1. The fourth-order valence-electron chi connectivity index (χ4n) is 1.50. The van der Waals surface area contributed by atoms with Gasteiger partial charge in [-0.15, -0.1) is 0 Å². The van der Waals surface area contributed by atoms with Gasteiger partial charge in [-0.05, 0) is 24.1 Å². The molecule has 0 saturated heterocycles. The van der Waals surface area contributed by atoms with Crippen molar-refractivity contribution in [1.29, 1.82) is 0 Å². The smallest absolute Gasteiger partial charge is 0.194 e. The molecule has 0 heterocycles. The predicted molar refractivity (Wildman–Crippen MR) is 67.2 cm³/mol. The fraction of sp³-hybridized carbons (Fsp3) is 0.462. The fourth-order valence-corrected chi connectivity index (χ4v) is 2.56. The van der Waals surface area contributed by atoms with Crippen LogP contribution in [0.5, 0.6) is 0 Å². The summed E-state index contributed by atoms with van der Waals surface area (Å²) in [6.45, 7) is 5.28. The highest BCUT2D eigenvalue weighted by Crippen LogP contribution is 2.24. The van der Waals surface area contributed by atoms with Gasteiger partial charge in [-0.2, -0.15) is 0 Å². The molecule has 0 saturated carbocycles. The van der Waals surface area contributed by atoms with Crippen molar-refractivity contribution in [3.63, 3.8) is 0 Å². The topological polar surface area (TPSA) is 17.1 Å². The molecule has 0 N–H and O–H groups in total. The Morgan fingerprint density at radius 3 is 2.06 bits per heavy atom. The van der Waals surface area contributed by atoms with Gasteiger partial charge >= 0.3 is 0 Å². The molecule has 1 aromatic rings. The third-order valence-corrected chi connectivity index (χ3v) is 3.22. The average Bonchev–Trinajstić information content (AvgIpc) is 2.23. The molecule has 0 aliphatic carbocycles. The van der Waals surface area contributed by atoms with Gasteiger partial charge in [0.2, 0.25) is 0 Å². The molecule has 100 valence electrons. The summed E-state index contributed by atoms with van der Waals surface area (Å²) in [5.41, 5.74) is -0.309. The van der Waals surface area contributed by atoms with E-state index in [0.29, 0.717) is 0 Å². The number of carbonyl (C=O) groups is 1. The van der Waals surface area contributed by atoms with E-state index >= 15 is 0 Å². The minimum Gasteiger partial charge on any atom is -0.298 e. The summed E-state index contributed by atoms with van der Waals surface area (Å²) in [7, 11) is 0. The Hall–Kier alpha value is -0.840. The normalized spacial score (nSPS) is 13.5. The maximum Gasteiger partial charge on any atom is 0.194 e. The number of hydrogen-bond acceptors (Lipinski definition) is 1. The minimum absolute atomic E-state index is 0.0763. The quantitative estimate of drug-likeness (QED) is 0.606. The van der Waals surface area contributed by atoms with E-state index < -0.39 is 27.7 Å². The SMILES string of the molecule is CC(C)(C)C(=O)C(Br)Cc1cc(F)c(F)c(F)c1. The van der Waals surface area contributed by atoms with Crippen LogP contribution in [0, 0.1) is 22.9 Å². The molecule has 1 rings (SSSR count). The Bertz CT molecular complexity index is 443. The number of carbonyl (C=O) groups excluding carboxylic acids is 1. The van der Waals surface area contributed by atoms with Crippen molar-refractivity contribution < 1.29 is 18.0 Å². The van der Waals surface area contributed by atoms with Crippen molar-refractivity contribution in [3.05, 3.63) is 35.1 Å². The number of alkyl halides is 1. The van der Waals surface area contributed by atoms with Gasteiger partial charge in [0.05, 0.1) is 4.83 Å². The van der Waals surface area contributed by atoms with Crippen molar-refractivity contribution in [1.82, 2.24) is 0 Å². The number of rotatable bonds is 3. The van der Waals surface area contributed by atoms with Gasteiger partial charge < -0.3 is 0 Å². The van der Waals surface area contributed by atoms with Crippen molar-refractivity contribution in [3.8, 4) is 0 Å². The highest BCUT2D eigenvalue weighted by molar-refractivity contribution is 9.10. The van der Waals surface area contributed by atoms with E-state index in [1.165, 1.54) is 0 Å². The summed E-state index contributed by atoms with van der Waals surface area (Å²) in [5, 5.41) is 0. The lowest BCUT2D eigenvalue weighted by Crippen LogP contribution is -2.30. The third kappa shape index (κ3) is 3.57. The molecule has 0 aromatic heterocycles. The van der Waals surface area contributed by atoms with Crippen LogP contribution in [0.15, 0.2) is 12.1 Å². The first-order valence-corrected chi connectivity index (χ1v) is 6.36. The monoisotopic (exact) mass is 322 g/mol. The van der Waals surface area contributed by atoms with E-state index in [2.05, 4.69) is 15.9 Å². The Labute approximate surface area is 113 Å². The maximum absolute atomic E-state index is 13.0. The first-order valence-electron chi connectivity index (χ1n) is 5.44. The Balaban J connectivity index is 2.89. The summed E-state index contributed by atoms with van der Waals surface area (Å²) in [5.74, 6) is -4.06. The van der Waals surface area contributed by atoms with Gasteiger partial charge in [-0.3, -0.25) is 4.79 Å². The molecule has 0 fully saturated rings. The summed E-state index contributed by atoms with van der Waals surface area (Å²) in [4.78, 5) is 11.3. The molecule has 1 aromatic carbocycles. The molecule has 1 atom stereocenters. The minimum atomic E-state index is -1.49. The standard InChI is InChI=1S/C13H14BrF3O/c1-13(2,3)12(18)8(14)4-7-5-9(15)11(17)10(16)6-7/h5-6,8H,4H2,1-3H3. The Morgan fingerprint density at radius 2 is 1.67 bits per heavy atom. The molecule has 1 nitrogen and oxygen atoms in total. The Morgan fingerprint density at radius 1 is 1.22 bits per heavy atom. The molecule has 18 heavy (non-hydrogen) atoms. The lowest BCUT2D eigenvalue weighted by Gasteiger charge is -2.20. The number of Topliss-reactive ketones (excluding diaryl/α,β-unsaturated/α-hetero) is 1. The van der Waals surface area contributed by atoms with Crippen molar-refractivity contribution in [2.45, 2.75) is 32.0 Å². The molecule has 0 amide bonds. The van der Waals surface area contributed by atoms with E-state index in [1.807, 2.05) is 0 Å². The van der Waals surface area contributed by atoms with Crippen LogP contribution in [0.4, 0.5) is 13.2 Å². The zero-order valence-electron chi connectivity index (χ0n) is 10.4. The summed E-state index contributed by atoms with van der Waals surface area (Å²) in [6.07, 6.45) is 0.115. The van der Waals surface area contributed by atoms with Crippen molar-refractivity contribution >= 4 is 21.7 Å². The molecular formula is C13H14BrF3O. The number of hydrogen-bond donors (Lipinski definition) is 0. The third-order valence-electron chi connectivity index (χ3n) is 2.48. The van der Waals surface area contributed by atoms with Crippen LogP contribution in [-0.2, 0) is 11.2 Å². The van der Waals surface area contributed by atoms with E-state index in [9.17, 15) is 18.0 Å². The zero-order valence-corrected chi connectivity index (χ0v) is 11.9. The number of halogens is 4. The van der Waals surface area contributed by atoms with Crippen molar-refractivity contribution in [2.24, 2.45) is 5.41 Å². The number of benzene rings is 1. The second kappa shape index (κ2) is 5.43. The van der Waals surface area contributed by atoms with Gasteiger partial charge in [-0.1, -0.05) is 36.7 Å². The molecule has 0 radical (unpaired) electrons. The van der Waals surface area contributed by atoms with Gasteiger partial charge in [0, 0.05) is 5.41 Å². The van der Waals surface area contributed by atoms with Gasteiger partial charge in [0.15, 0.2) is 23.2 Å². The van der Waals surface area contributed by atoms with Crippen molar-refractivity contribution in [2.75, 3.05) is 0 Å². The lowest BCUT2D eigenvalue weighted by molar-refractivity contribution is -0.125. The molecule has 0 aliphatic rings. The molecule has 5 heteroatoms. The predicted octanol–water partition coefficient (Wildman–Crippen LogP) is 4.03. The highest BCUT2D eigenvalue weighted by atomic mass is 79.9. The first-order chi connectivity index (χ1) is 8.12. The van der Waals surface area contributed by atoms with Crippen LogP contribution in [-0.4, -0.2) is 10.6 Å². The largest absolute Gasteiger partial charge is 0.298 e. The summed E-state index contributed by atoms with van der Waals surface area (Å²) >= 11 is 3.20. The van der Waals surface area contributed by atoms with Gasteiger partial charge in [-0.25, -0.2) is 13.2 Å². The summed E-state index contributed by atoms with van der Waals surface area (Å²) < 4.78 is 38.8. The van der Waals surface area contributed by atoms with E-state index in [0.717, 1.165) is 12.1 Å². The van der Waals surface area contributed by atoms with Crippen LogP contribution < -0.4 is 0 Å². The van der Waals surface area contributed by atoms with Crippen LogP contribution >= 0.6 is 15.9 Å². The maximum atomic E-state index is 13.0. The molecule has 0 aliphatic heterocycles. The molecular weight excluding hydrogens is 309 g/mol. The Kier molecular flexibility index (Phi) is 4.59. The van der Waals surface area contributed by atoms with Gasteiger partial charge in [0.1, 0.15) is 0 Å². The lowest BCUT2D eigenvalue weighted by atomic mass is 9.87. The second-order valence-corrected chi connectivity index (χ2v) is 6.26. The van der Waals surface area contributed by atoms with Crippen LogP contribution in [0.1, 0.15) is 26.3 Å². The van der Waals surface area contributed by atoms with Gasteiger partial charge in [0.25, 0.3) is 0 Å². The van der Waals surface area contributed by atoms with Crippen LogP contribution in [0.25, 0.3) is 0 Å². The molecule has 0 bridgehead atoms. The van der Waals surface area contributed by atoms with E-state index in [1.54, 1.807) is 20.8 Å². The molecule has 0 spiro atoms. The average molecular weight is 323 g/mol.